The van der Waals surface area contributed by atoms with Gasteiger partial charge in [0.15, 0.2) is 0 Å². The van der Waals surface area contributed by atoms with Crippen molar-refractivity contribution in [3.05, 3.63) is 34.4 Å². The summed E-state index contributed by atoms with van der Waals surface area (Å²) < 4.78 is 0. The van der Waals surface area contributed by atoms with Gasteiger partial charge in [-0.1, -0.05) is 0 Å². The molecule has 1 aromatic rings. The van der Waals surface area contributed by atoms with E-state index in [1.807, 2.05) is 6.07 Å². The van der Waals surface area contributed by atoms with Crippen molar-refractivity contribution in [2.24, 2.45) is 4.99 Å². The molecule has 1 rings (SSSR count). The Morgan fingerprint density at radius 2 is 2.00 bits per heavy atom. The molecule has 0 saturated heterocycles. The highest BCUT2D eigenvalue weighted by atomic mass is 16.6. The third kappa shape index (κ3) is 2.89. The van der Waals surface area contributed by atoms with Crippen LogP contribution in [-0.2, 0) is 0 Å². The molecule has 0 saturated carbocycles. The summed E-state index contributed by atoms with van der Waals surface area (Å²) in [6, 6.07) is 9.02. The zero-order valence-corrected chi connectivity index (χ0v) is 8.12. The summed E-state index contributed by atoms with van der Waals surface area (Å²) in [5, 5.41) is 27.4. The first-order chi connectivity index (χ1) is 7.67. The number of hydrogen-bond donors (Lipinski definition) is 0. The third-order valence-electron chi connectivity index (χ3n) is 1.70. The largest absolute Gasteiger partial charge is 0.269 e. The monoisotopic (exact) mass is 214 g/mol. The molecular formula is C10H6N4O2. The van der Waals surface area contributed by atoms with E-state index in [0.717, 1.165) is 0 Å². The van der Waals surface area contributed by atoms with E-state index >= 15 is 0 Å². The van der Waals surface area contributed by atoms with Crippen LogP contribution in [0.15, 0.2) is 29.3 Å². The number of nitro groups is 1. The van der Waals surface area contributed by atoms with Gasteiger partial charge in [-0.2, -0.15) is 10.5 Å². The normalized spacial score (nSPS) is 10.2. The van der Waals surface area contributed by atoms with Crippen LogP contribution in [0.25, 0.3) is 0 Å². The lowest BCUT2D eigenvalue weighted by molar-refractivity contribution is -0.384. The smallest absolute Gasteiger partial charge is 0.258 e. The molecule has 16 heavy (non-hydrogen) atoms. The highest BCUT2D eigenvalue weighted by Crippen LogP contribution is 2.18. The molecular weight excluding hydrogens is 208 g/mol. The third-order valence-corrected chi connectivity index (χ3v) is 1.70. The van der Waals surface area contributed by atoms with Crippen molar-refractivity contribution in [3.8, 4) is 12.1 Å². The molecule has 0 aliphatic rings. The summed E-state index contributed by atoms with van der Waals surface area (Å²) in [4.78, 5) is 13.7. The fraction of sp³-hybridized carbons (Fsp3) is 0.100. The summed E-state index contributed by atoms with van der Waals surface area (Å²) in [6.07, 6.45) is -0.0759. The topological polar surface area (TPSA) is 103 Å². The van der Waals surface area contributed by atoms with Crippen molar-refractivity contribution >= 4 is 17.1 Å². The van der Waals surface area contributed by atoms with E-state index in [1.165, 1.54) is 24.3 Å². The minimum atomic E-state index is -0.520. The Morgan fingerprint density at radius 1 is 1.38 bits per heavy atom. The SMILES string of the molecule is N#CCC(C#N)=Nc1ccc([N+](=O)[O-])cc1. The van der Waals surface area contributed by atoms with Crippen molar-refractivity contribution in [1.82, 2.24) is 0 Å². The number of nitro benzene ring substituents is 1. The van der Waals surface area contributed by atoms with Crippen LogP contribution in [0.3, 0.4) is 0 Å². The molecule has 0 bridgehead atoms. The fourth-order valence-corrected chi connectivity index (χ4v) is 0.984. The molecule has 0 spiro atoms. The van der Waals surface area contributed by atoms with E-state index in [4.69, 9.17) is 10.5 Å². The Balaban J connectivity index is 2.95. The van der Waals surface area contributed by atoms with Crippen molar-refractivity contribution in [2.45, 2.75) is 6.42 Å². The molecule has 0 atom stereocenters. The molecule has 6 nitrogen and oxygen atoms in total. The summed E-state index contributed by atoms with van der Waals surface area (Å²) >= 11 is 0. The molecule has 0 heterocycles. The average molecular weight is 214 g/mol. The van der Waals surface area contributed by atoms with Crippen molar-refractivity contribution in [1.29, 1.82) is 10.5 Å². The quantitative estimate of drug-likeness (QED) is 0.436. The maximum absolute atomic E-state index is 10.4. The maximum Gasteiger partial charge on any atom is 0.269 e. The Labute approximate surface area is 91.2 Å². The minimum absolute atomic E-state index is 0.0438. The van der Waals surface area contributed by atoms with Crippen LogP contribution in [0.5, 0.6) is 0 Å². The van der Waals surface area contributed by atoms with E-state index < -0.39 is 4.92 Å². The lowest BCUT2D eigenvalue weighted by Gasteiger charge is -1.94. The van der Waals surface area contributed by atoms with Gasteiger partial charge >= 0.3 is 0 Å². The van der Waals surface area contributed by atoms with E-state index in [9.17, 15) is 10.1 Å². The number of rotatable bonds is 3. The summed E-state index contributed by atoms with van der Waals surface area (Å²) in [5.74, 6) is 0. The number of aliphatic imine (C=N–C) groups is 1. The van der Waals surface area contributed by atoms with Gasteiger partial charge in [-0.15, -0.1) is 0 Å². The Morgan fingerprint density at radius 3 is 2.44 bits per heavy atom. The maximum atomic E-state index is 10.4. The molecule has 0 fully saturated rings. The van der Waals surface area contributed by atoms with Gasteiger partial charge in [0.25, 0.3) is 5.69 Å². The molecule has 0 radical (unpaired) electrons. The van der Waals surface area contributed by atoms with Gasteiger partial charge in [0.1, 0.15) is 11.8 Å². The second-order valence-corrected chi connectivity index (χ2v) is 2.78. The number of nitrogens with zero attached hydrogens (tertiary/aromatic N) is 4. The number of non-ortho nitro benzene ring substituents is 1. The van der Waals surface area contributed by atoms with Gasteiger partial charge in [-0.3, -0.25) is 10.1 Å². The van der Waals surface area contributed by atoms with Crippen LogP contribution in [0.2, 0.25) is 0 Å². The summed E-state index contributed by atoms with van der Waals surface area (Å²) in [7, 11) is 0. The zero-order valence-electron chi connectivity index (χ0n) is 8.12. The van der Waals surface area contributed by atoms with Gasteiger partial charge in [0, 0.05) is 12.1 Å². The first kappa shape index (κ1) is 11.3. The van der Waals surface area contributed by atoms with Crippen LogP contribution in [0, 0.1) is 32.8 Å². The Bertz CT molecular complexity index is 505. The lowest BCUT2D eigenvalue weighted by Crippen LogP contribution is -1.91. The molecule has 0 aromatic heterocycles. The number of hydrogen-bond acceptors (Lipinski definition) is 5. The van der Waals surface area contributed by atoms with Crippen LogP contribution in [0.4, 0.5) is 11.4 Å². The molecule has 78 valence electrons. The summed E-state index contributed by atoms with van der Waals surface area (Å²) in [6.45, 7) is 0. The molecule has 0 N–H and O–H groups in total. The van der Waals surface area contributed by atoms with Crippen molar-refractivity contribution in [3.63, 3.8) is 0 Å². The number of benzene rings is 1. The Kier molecular flexibility index (Phi) is 3.71. The molecule has 0 aliphatic heterocycles. The van der Waals surface area contributed by atoms with Gasteiger partial charge in [-0.05, 0) is 12.1 Å². The fourth-order valence-electron chi connectivity index (χ4n) is 0.984. The predicted molar refractivity (Wildman–Crippen MR) is 56.0 cm³/mol. The van der Waals surface area contributed by atoms with Crippen LogP contribution < -0.4 is 0 Å². The molecule has 0 aliphatic carbocycles. The van der Waals surface area contributed by atoms with E-state index in [1.54, 1.807) is 6.07 Å². The van der Waals surface area contributed by atoms with Crippen LogP contribution >= 0.6 is 0 Å². The van der Waals surface area contributed by atoms with E-state index in [2.05, 4.69) is 4.99 Å². The lowest BCUT2D eigenvalue weighted by atomic mass is 10.2. The number of nitriles is 2. The molecule has 0 unspecified atom stereocenters. The van der Waals surface area contributed by atoms with Gasteiger partial charge in [-0.25, -0.2) is 4.99 Å². The van der Waals surface area contributed by atoms with Crippen molar-refractivity contribution < 1.29 is 4.92 Å². The second-order valence-electron chi connectivity index (χ2n) is 2.78. The highest BCUT2D eigenvalue weighted by Gasteiger charge is 2.04. The minimum Gasteiger partial charge on any atom is -0.258 e. The van der Waals surface area contributed by atoms with Gasteiger partial charge < -0.3 is 0 Å². The van der Waals surface area contributed by atoms with Crippen LogP contribution in [-0.4, -0.2) is 10.6 Å². The second kappa shape index (κ2) is 5.23. The summed E-state index contributed by atoms with van der Waals surface area (Å²) in [5.41, 5.74) is 0.450. The first-order valence-corrected chi connectivity index (χ1v) is 4.26. The van der Waals surface area contributed by atoms with Crippen LogP contribution in [0.1, 0.15) is 6.42 Å². The Hall–Kier alpha value is -2.73. The standard InChI is InChI=1S/C10H6N4O2/c11-6-5-9(7-12)13-8-1-3-10(4-2-8)14(15)16/h1-4H,5H2. The zero-order chi connectivity index (χ0) is 12.0. The predicted octanol–water partition coefficient (Wildman–Crippen LogP) is 2.10. The first-order valence-electron chi connectivity index (χ1n) is 4.26. The molecule has 6 heteroatoms. The average Bonchev–Trinajstić information content (AvgIpc) is 2.29. The van der Waals surface area contributed by atoms with E-state index in [-0.39, 0.29) is 17.8 Å². The molecule has 1 aromatic carbocycles. The highest BCUT2D eigenvalue weighted by molar-refractivity contribution is 6.01. The van der Waals surface area contributed by atoms with E-state index in [0.29, 0.717) is 5.69 Å². The van der Waals surface area contributed by atoms with Crippen molar-refractivity contribution in [2.75, 3.05) is 0 Å². The molecule has 0 amide bonds. The van der Waals surface area contributed by atoms with Gasteiger partial charge in [0.2, 0.25) is 0 Å². The van der Waals surface area contributed by atoms with Gasteiger partial charge in [0.05, 0.1) is 23.1 Å².